The van der Waals surface area contributed by atoms with E-state index in [1.165, 1.54) is 138 Å². The summed E-state index contributed by atoms with van der Waals surface area (Å²) in [4.78, 5) is 4.74. The van der Waals surface area contributed by atoms with Crippen LogP contribution in [0.5, 0.6) is 0 Å². The van der Waals surface area contributed by atoms with Crippen molar-refractivity contribution in [3.8, 4) is 56.6 Å². The molecule has 16 aromatic carbocycles. The van der Waals surface area contributed by atoms with E-state index in [-0.39, 0.29) is 0 Å². The normalized spacial score (nSPS) is 13.2. The summed E-state index contributed by atoms with van der Waals surface area (Å²) in [5.74, 6) is 0.430. The highest BCUT2D eigenvalue weighted by Crippen LogP contribution is 2.68. The maximum atomic E-state index is 9.71. The minimum Gasteiger partial charge on any atom is -0.310 e. The smallest absolute Gasteiger partial charge is 0.0991 e. The quantitative estimate of drug-likeness (QED) is 0.160. The van der Waals surface area contributed by atoms with Crippen molar-refractivity contribution in [1.29, 1.82) is 10.5 Å². The van der Waals surface area contributed by atoms with E-state index in [1.807, 2.05) is 24.3 Å². The van der Waals surface area contributed by atoms with Gasteiger partial charge in [0.15, 0.2) is 0 Å². The maximum absolute atomic E-state index is 9.71. The van der Waals surface area contributed by atoms with E-state index in [0.717, 1.165) is 34.1 Å². The van der Waals surface area contributed by atoms with Gasteiger partial charge in [0, 0.05) is 33.5 Å². The van der Waals surface area contributed by atoms with Crippen LogP contribution in [0.2, 0.25) is 0 Å². The Labute approximate surface area is 576 Å². The second kappa shape index (κ2) is 22.4. The van der Waals surface area contributed by atoms with Crippen LogP contribution < -0.4 is 9.80 Å². The average Bonchev–Trinajstić information content (AvgIpc) is 1.51. The Kier molecular flexibility index (Phi) is 13.0. The molecule has 2 spiro atoms. The van der Waals surface area contributed by atoms with Crippen LogP contribution in [0.3, 0.4) is 0 Å². The second-order valence-electron chi connectivity index (χ2n) is 26.9. The molecule has 0 saturated carbocycles. The van der Waals surface area contributed by atoms with Crippen molar-refractivity contribution in [1.82, 2.24) is 0 Å². The first-order chi connectivity index (χ1) is 48.9. The molecular formula is C95H62N4. The molecule has 0 saturated heterocycles. The van der Waals surface area contributed by atoms with Crippen molar-refractivity contribution in [2.24, 2.45) is 0 Å². The predicted molar refractivity (Wildman–Crippen MR) is 408 cm³/mol. The molecule has 16 aromatic rings. The Hall–Kier alpha value is -12.9. The van der Waals surface area contributed by atoms with Crippen molar-refractivity contribution in [2.45, 2.75) is 30.6 Å². The van der Waals surface area contributed by atoms with Gasteiger partial charge in [-0.3, -0.25) is 0 Å². The summed E-state index contributed by atoms with van der Waals surface area (Å²) in [6.45, 7) is 4.47. The Bertz CT molecular complexity index is 6020. The molecule has 0 amide bonds. The van der Waals surface area contributed by atoms with Gasteiger partial charge in [-0.15, -0.1) is 0 Å². The summed E-state index contributed by atoms with van der Waals surface area (Å²) in [6, 6.07) is 126. The number of nitrogens with zero attached hydrogens (tertiary/aromatic N) is 4. The van der Waals surface area contributed by atoms with E-state index >= 15 is 0 Å². The fourth-order valence-electron chi connectivity index (χ4n) is 17.7. The first kappa shape index (κ1) is 57.6. The average molecular weight is 1260 g/mol. The highest BCUT2D eigenvalue weighted by molar-refractivity contribution is 6.17. The maximum Gasteiger partial charge on any atom is 0.0991 e. The van der Waals surface area contributed by atoms with Crippen LogP contribution >= 0.6 is 0 Å². The van der Waals surface area contributed by atoms with Crippen molar-refractivity contribution in [2.75, 3.05) is 9.80 Å². The lowest BCUT2D eigenvalue weighted by Crippen LogP contribution is -2.26. The second-order valence-corrected chi connectivity index (χ2v) is 26.9. The summed E-state index contributed by atoms with van der Waals surface area (Å²) >= 11 is 0. The van der Waals surface area contributed by atoms with Crippen LogP contribution in [0.15, 0.2) is 334 Å². The number of hydrogen-bond donors (Lipinski definition) is 0. The van der Waals surface area contributed by atoms with E-state index in [4.69, 9.17) is 0 Å². The van der Waals surface area contributed by atoms with Gasteiger partial charge in [0.2, 0.25) is 0 Å². The number of rotatable bonds is 7. The molecule has 0 unspecified atom stereocenters. The Morgan fingerprint density at radius 1 is 0.273 bits per heavy atom. The van der Waals surface area contributed by atoms with E-state index in [9.17, 15) is 10.5 Å². The van der Waals surface area contributed by atoms with E-state index in [1.54, 1.807) is 0 Å². The molecule has 20 rings (SSSR count). The van der Waals surface area contributed by atoms with Gasteiger partial charge < -0.3 is 9.80 Å². The number of nitriles is 2. The zero-order valence-electron chi connectivity index (χ0n) is 54.6. The van der Waals surface area contributed by atoms with Crippen LogP contribution in [0.1, 0.15) is 81.0 Å². The molecule has 0 N–H and O–H groups in total. The first-order valence-corrected chi connectivity index (χ1v) is 34.2. The molecule has 4 aliphatic carbocycles. The SMILES string of the molecule is CC(C)c1ccc(N(c2ccc(C#N)cc2)c2cc3c(c4ccccc24)-c2ccc4ccccc4c2C32c3ccccc3-c3ccccc32)cc1.N#Cc1ccc(N(c2ccccc2)c2cc3c(c4ccccc24)-c2ccc4ccccc4c2C32c3ccccc3-c3ccccc32)cc1. The summed E-state index contributed by atoms with van der Waals surface area (Å²) in [5.41, 5.74) is 29.0. The van der Waals surface area contributed by atoms with Gasteiger partial charge in [0.25, 0.3) is 0 Å². The Balaban J connectivity index is 0.000000139. The fourth-order valence-corrected chi connectivity index (χ4v) is 17.7. The van der Waals surface area contributed by atoms with E-state index < -0.39 is 10.8 Å². The zero-order valence-corrected chi connectivity index (χ0v) is 54.6. The molecule has 0 heterocycles. The third-order valence-corrected chi connectivity index (χ3v) is 21.7. The lowest BCUT2D eigenvalue weighted by Gasteiger charge is -2.33. The van der Waals surface area contributed by atoms with Crippen molar-refractivity contribution in [3.63, 3.8) is 0 Å². The number of anilines is 6. The van der Waals surface area contributed by atoms with Crippen molar-refractivity contribution >= 4 is 77.2 Å². The number of para-hydroxylation sites is 1. The highest BCUT2D eigenvalue weighted by Gasteiger charge is 2.55. The van der Waals surface area contributed by atoms with Crippen LogP contribution in [0.25, 0.3) is 87.6 Å². The third kappa shape index (κ3) is 8.25. The van der Waals surface area contributed by atoms with Gasteiger partial charge in [-0.2, -0.15) is 10.5 Å². The summed E-state index contributed by atoms with van der Waals surface area (Å²) in [5, 5.41) is 29.2. The molecule has 0 bridgehead atoms. The molecule has 0 radical (unpaired) electrons. The Morgan fingerprint density at radius 2 is 0.586 bits per heavy atom. The van der Waals surface area contributed by atoms with Crippen molar-refractivity contribution < 1.29 is 0 Å². The number of fused-ring (bicyclic) bond motifs is 28. The zero-order chi connectivity index (χ0) is 66.1. The summed E-state index contributed by atoms with van der Waals surface area (Å²) in [7, 11) is 0. The van der Waals surface area contributed by atoms with Gasteiger partial charge in [0.05, 0.1) is 45.5 Å². The minimum absolute atomic E-state index is 0.430. The molecule has 99 heavy (non-hydrogen) atoms. The van der Waals surface area contributed by atoms with Gasteiger partial charge in [-0.25, -0.2) is 0 Å². The molecule has 0 atom stereocenters. The van der Waals surface area contributed by atoms with Crippen LogP contribution in [0, 0.1) is 22.7 Å². The fraction of sp³-hybridized carbons (Fsp3) is 0.0526. The minimum atomic E-state index is -0.519. The Morgan fingerprint density at radius 3 is 0.960 bits per heavy atom. The summed E-state index contributed by atoms with van der Waals surface area (Å²) < 4.78 is 0. The molecule has 462 valence electrons. The van der Waals surface area contributed by atoms with Gasteiger partial charge >= 0.3 is 0 Å². The van der Waals surface area contributed by atoms with E-state index in [2.05, 4.69) is 345 Å². The lowest BCUT2D eigenvalue weighted by molar-refractivity contribution is 0.802. The van der Waals surface area contributed by atoms with Gasteiger partial charge in [0.1, 0.15) is 0 Å². The van der Waals surface area contributed by atoms with Gasteiger partial charge in [-0.05, 0) is 218 Å². The van der Waals surface area contributed by atoms with Crippen LogP contribution in [0.4, 0.5) is 34.1 Å². The largest absolute Gasteiger partial charge is 0.310 e. The molecular weight excluding hydrogens is 1200 g/mol. The third-order valence-electron chi connectivity index (χ3n) is 21.7. The highest BCUT2D eigenvalue weighted by atomic mass is 15.1. The monoisotopic (exact) mass is 1260 g/mol. The van der Waals surface area contributed by atoms with Gasteiger partial charge in [-0.1, -0.05) is 263 Å². The topological polar surface area (TPSA) is 54.1 Å². The summed E-state index contributed by atoms with van der Waals surface area (Å²) in [6.07, 6.45) is 0. The van der Waals surface area contributed by atoms with Crippen LogP contribution in [-0.2, 0) is 10.8 Å². The molecule has 4 aliphatic rings. The lowest BCUT2D eigenvalue weighted by atomic mass is 9.69. The standard InChI is InChI=1S/C49H34N2.C46H28N2/c1-31(2)33-21-26-36(27-22-33)51(35-24-19-32(30-50)20-25-35)46-29-45-47(41-16-6-5-15-40(41)46)42-28-23-34-11-3-4-12-37(34)48(42)49(45)43-17-9-7-13-38(43)39-14-8-10-18-44(39)49;47-29-30-22-25-33(26-23-30)48(32-13-2-1-3-14-32)43-28-42-44(38-19-7-6-18-37(38)43)39-27-24-31-12-4-5-15-34(31)45(39)46(42)40-20-10-8-16-35(40)36-17-9-11-21-41(36)46/h3-29,31H,1-2H3;1-28H. The molecule has 4 nitrogen and oxygen atoms in total. The molecule has 0 aliphatic heterocycles. The molecule has 0 fully saturated rings. The predicted octanol–water partition coefficient (Wildman–Crippen LogP) is 24.5. The molecule has 0 aromatic heterocycles. The number of hydrogen-bond acceptors (Lipinski definition) is 4. The number of benzene rings is 16. The van der Waals surface area contributed by atoms with Crippen molar-refractivity contribution in [3.05, 3.63) is 395 Å². The van der Waals surface area contributed by atoms with Crippen LogP contribution in [-0.4, -0.2) is 0 Å². The molecule has 4 heteroatoms. The first-order valence-electron chi connectivity index (χ1n) is 34.2. The van der Waals surface area contributed by atoms with E-state index in [0.29, 0.717) is 17.0 Å².